The average molecular weight is 253 g/mol. The molecule has 18 heavy (non-hydrogen) atoms. The van der Waals surface area contributed by atoms with Crippen LogP contribution in [0.15, 0.2) is 31.1 Å². The number of nitrogens with zero attached hydrogens (tertiary/aromatic N) is 2. The number of benzene rings is 1. The maximum absolute atomic E-state index is 13.3. The molecule has 1 heterocycles. The van der Waals surface area contributed by atoms with Gasteiger partial charge in [-0.05, 0) is 0 Å². The van der Waals surface area contributed by atoms with Crippen molar-refractivity contribution < 1.29 is 13.2 Å². The van der Waals surface area contributed by atoms with E-state index >= 15 is 0 Å². The Hall–Kier alpha value is -2.24. The monoisotopic (exact) mass is 253 g/mol. The normalized spacial score (nSPS) is 10.4. The second-order valence-electron chi connectivity index (χ2n) is 3.61. The van der Waals surface area contributed by atoms with Crippen molar-refractivity contribution in [1.82, 2.24) is 9.78 Å². The van der Waals surface area contributed by atoms with Crippen molar-refractivity contribution >= 4 is 11.9 Å². The molecule has 1 N–H and O–H groups in total. The van der Waals surface area contributed by atoms with Gasteiger partial charge >= 0.3 is 0 Å². The van der Waals surface area contributed by atoms with Crippen molar-refractivity contribution in [3.8, 4) is 0 Å². The number of rotatable bonds is 4. The third-order valence-corrected chi connectivity index (χ3v) is 2.32. The summed E-state index contributed by atoms with van der Waals surface area (Å²) >= 11 is 0. The number of hydrogen-bond acceptors (Lipinski definition) is 2. The van der Waals surface area contributed by atoms with Gasteiger partial charge in [-0.1, -0.05) is 6.58 Å². The van der Waals surface area contributed by atoms with Crippen molar-refractivity contribution in [2.45, 2.75) is 6.54 Å². The first-order chi connectivity index (χ1) is 8.60. The van der Waals surface area contributed by atoms with E-state index in [9.17, 15) is 13.2 Å². The predicted octanol–water partition coefficient (Wildman–Crippen LogP) is 3.01. The summed E-state index contributed by atoms with van der Waals surface area (Å²) in [5, 5.41) is 6.47. The minimum atomic E-state index is -0.969. The van der Waals surface area contributed by atoms with E-state index in [1.165, 1.54) is 17.1 Å². The predicted molar refractivity (Wildman–Crippen MR) is 62.3 cm³/mol. The standard InChI is InChI=1S/C12H10F3N3/c1-2-18-7-8(6-17-18)5-16-12-10(14)3-9(13)4-11(12)15/h2-4,6-7,16H,1,5H2. The molecule has 2 aromatic rings. The zero-order valence-electron chi connectivity index (χ0n) is 9.33. The van der Waals surface area contributed by atoms with Crippen LogP contribution in [-0.2, 0) is 6.54 Å². The minimum Gasteiger partial charge on any atom is -0.376 e. The molecule has 0 saturated heterocycles. The molecule has 0 unspecified atom stereocenters. The lowest BCUT2D eigenvalue weighted by atomic mass is 10.2. The van der Waals surface area contributed by atoms with Gasteiger partial charge in [0.2, 0.25) is 0 Å². The van der Waals surface area contributed by atoms with Gasteiger partial charge in [-0.15, -0.1) is 0 Å². The average Bonchev–Trinajstić information content (AvgIpc) is 2.75. The summed E-state index contributed by atoms with van der Waals surface area (Å²) in [6.07, 6.45) is 4.68. The molecule has 0 saturated carbocycles. The van der Waals surface area contributed by atoms with E-state index in [0.29, 0.717) is 12.1 Å². The van der Waals surface area contributed by atoms with Crippen LogP contribution in [0.3, 0.4) is 0 Å². The number of halogens is 3. The Labute approximate surface area is 102 Å². The largest absolute Gasteiger partial charge is 0.376 e. The molecule has 0 fully saturated rings. The van der Waals surface area contributed by atoms with E-state index in [2.05, 4.69) is 17.0 Å². The van der Waals surface area contributed by atoms with Gasteiger partial charge in [0, 0.05) is 36.6 Å². The molecule has 94 valence electrons. The Morgan fingerprint density at radius 3 is 2.50 bits per heavy atom. The van der Waals surface area contributed by atoms with Crippen molar-refractivity contribution in [2.75, 3.05) is 5.32 Å². The van der Waals surface area contributed by atoms with E-state index in [0.717, 1.165) is 5.56 Å². The molecular formula is C12H10F3N3. The smallest absolute Gasteiger partial charge is 0.152 e. The van der Waals surface area contributed by atoms with Crippen LogP contribution < -0.4 is 5.32 Å². The Balaban J connectivity index is 2.12. The van der Waals surface area contributed by atoms with Crippen LogP contribution in [0, 0.1) is 17.5 Å². The zero-order chi connectivity index (χ0) is 13.1. The van der Waals surface area contributed by atoms with Gasteiger partial charge in [0.1, 0.15) is 11.5 Å². The maximum atomic E-state index is 13.3. The fourth-order valence-electron chi connectivity index (χ4n) is 1.47. The molecular weight excluding hydrogens is 243 g/mol. The number of nitrogens with one attached hydrogen (secondary N) is 1. The quantitative estimate of drug-likeness (QED) is 0.907. The van der Waals surface area contributed by atoms with Crippen molar-refractivity contribution in [3.05, 3.63) is 54.1 Å². The molecule has 6 heteroatoms. The first kappa shape index (κ1) is 12.2. The van der Waals surface area contributed by atoms with Gasteiger partial charge in [0.25, 0.3) is 0 Å². The van der Waals surface area contributed by atoms with E-state index in [4.69, 9.17) is 0 Å². The van der Waals surface area contributed by atoms with Crippen molar-refractivity contribution in [3.63, 3.8) is 0 Å². The van der Waals surface area contributed by atoms with Crippen LogP contribution in [-0.4, -0.2) is 9.78 Å². The Morgan fingerprint density at radius 1 is 1.28 bits per heavy atom. The van der Waals surface area contributed by atoms with Crippen molar-refractivity contribution in [2.24, 2.45) is 0 Å². The molecule has 0 aliphatic heterocycles. The summed E-state index contributed by atoms with van der Waals surface area (Å²) in [4.78, 5) is 0. The molecule has 0 amide bonds. The van der Waals surface area contributed by atoms with Gasteiger partial charge < -0.3 is 5.32 Å². The molecule has 0 bridgehead atoms. The Bertz CT molecular complexity index is 555. The molecule has 1 aromatic carbocycles. The summed E-state index contributed by atoms with van der Waals surface area (Å²) in [5.41, 5.74) is 0.362. The van der Waals surface area contributed by atoms with E-state index in [1.54, 1.807) is 6.20 Å². The summed E-state index contributed by atoms with van der Waals surface area (Å²) < 4.78 is 40.8. The molecule has 0 atom stereocenters. The first-order valence-corrected chi connectivity index (χ1v) is 5.14. The number of anilines is 1. The van der Waals surface area contributed by atoms with Crippen molar-refractivity contribution in [1.29, 1.82) is 0 Å². The Kier molecular flexibility index (Phi) is 3.36. The fraction of sp³-hybridized carbons (Fsp3) is 0.0833. The highest BCUT2D eigenvalue weighted by atomic mass is 19.1. The van der Waals surface area contributed by atoms with E-state index in [1.807, 2.05) is 0 Å². The molecule has 0 aliphatic carbocycles. The molecule has 1 aromatic heterocycles. The van der Waals surface area contributed by atoms with Gasteiger partial charge in [-0.3, -0.25) is 0 Å². The number of hydrogen-bond donors (Lipinski definition) is 1. The number of aromatic nitrogens is 2. The third kappa shape index (κ3) is 2.53. The second-order valence-corrected chi connectivity index (χ2v) is 3.61. The van der Waals surface area contributed by atoms with E-state index in [-0.39, 0.29) is 12.2 Å². The highest BCUT2D eigenvalue weighted by molar-refractivity contribution is 5.46. The lowest BCUT2D eigenvalue weighted by Crippen LogP contribution is -2.04. The van der Waals surface area contributed by atoms with Crippen LogP contribution in [0.5, 0.6) is 0 Å². The molecule has 3 nitrogen and oxygen atoms in total. The van der Waals surface area contributed by atoms with Crippen LogP contribution in [0.25, 0.3) is 6.20 Å². The van der Waals surface area contributed by atoms with E-state index < -0.39 is 17.5 Å². The van der Waals surface area contributed by atoms with Gasteiger partial charge in [-0.2, -0.15) is 5.10 Å². The van der Waals surface area contributed by atoms with Crippen LogP contribution in [0.1, 0.15) is 5.56 Å². The lowest BCUT2D eigenvalue weighted by molar-refractivity contribution is 0.547. The molecule has 2 rings (SSSR count). The van der Waals surface area contributed by atoms with Crippen LogP contribution >= 0.6 is 0 Å². The SMILES string of the molecule is C=Cn1cc(CNc2c(F)cc(F)cc2F)cn1. The van der Waals surface area contributed by atoms with Crippen LogP contribution in [0.4, 0.5) is 18.9 Å². The van der Waals surface area contributed by atoms with Gasteiger partial charge in [0.05, 0.1) is 6.20 Å². The first-order valence-electron chi connectivity index (χ1n) is 5.14. The topological polar surface area (TPSA) is 29.9 Å². The lowest BCUT2D eigenvalue weighted by Gasteiger charge is -2.07. The summed E-state index contributed by atoms with van der Waals surface area (Å²) in [6.45, 7) is 3.69. The molecule has 0 spiro atoms. The van der Waals surface area contributed by atoms with Gasteiger partial charge in [-0.25, -0.2) is 17.9 Å². The third-order valence-electron chi connectivity index (χ3n) is 2.32. The zero-order valence-corrected chi connectivity index (χ0v) is 9.33. The maximum Gasteiger partial charge on any atom is 0.152 e. The fourth-order valence-corrected chi connectivity index (χ4v) is 1.47. The summed E-state index contributed by atoms with van der Waals surface area (Å²) in [7, 11) is 0. The molecule has 0 radical (unpaired) electrons. The molecule has 0 aliphatic rings. The van der Waals surface area contributed by atoms with Gasteiger partial charge in [0.15, 0.2) is 11.6 Å². The summed E-state index contributed by atoms with van der Waals surface area (Å²) in [5.74, 6) is -2.89. The highest BCUT2D eigenvalue weighted by Crippen LogP contribution is 2.20. The summed E-state index contributed by atoms with van der Waals surface area (Å²) in [6, 6.07) is 1.25. The van der Waals surface area contributed by atoms with Crippen LogP contribution in [0.2, 0.25) is 0 Å². The second kappa shape index (κ2) is 4.95. The Morgan fingerprint density at radius 2 is 1.94 bits per heavy atom. The minimum absolute atomic E-state index is 0.174. The highest BCUT2D eigenvalue weighted by Gasteiger charge is 2.11.